The van der Waals surface area contributed by atoms with Crippen molar-refractivity contribution in [3.63, 3.8) is 0 Å². The number of benzene rings is 1. The number of aryl methyl sites for hydroxylation is 1. The summed E-state index contributed by atoms with van der Waals surface area (Å²) in [5, 5.41) is 13.1. The third-order valence-electron chi connectivity index (χ3n) is 2.81. The SMILES string of the molecule is COc1ccc(O)c(CNc2ccc(Br)nc2C)c1. The molecule has 5 heteroatoms. The van der Waals surface area contributed by atoms with Crippen LogP contribution >= 0.6 is 15.9 Å². The summed E-state index contributed by atoms with van der Waals surface area (Å²) in [6.45, 7) is 2.44. The number of nitrogens with zero attached hydrogens (tertiary/aromatic N) is 1. The standard InChI is InChI=1S/C14H15BrN2O2/c1-9-12(4-6-14(15)17-9)16-8-10-7-11(19-2)3-5-13(10)18/h3-7,16,18H,8H2,1-2H3. The molecule has 1 heterocycles. The van der Waals surface area contributed by atoms with E-state index < -0.39 is 0 Å². The minimum Gasteiger partial charge on any atom is -0.508 e. The van der Waals surface area contributed by atoms with E-state index in [2.05, 4.69) is 26.2 Å². The Bertz CT molecular complexity index is 588. The average molecular weight is 323 g/mol. The van der Waals surface area contributed by atoms with E-state index >= 15 is 0 Å². The topological polar surface area (TPSA) is 54.4 Å². The molecule has 0 spiro atoms. The number of nitrogens with one attached hydrogen (secondary N) is 1. The van der Waals surface area contributed by atoms with Gasteiger partial charge in [0, 0.05) is 12.1 Å². The molecule has 0 fully saturated rings. The first kappa shape index (κ1) is 13.7. The van der Waals surface area contributed by atoms with Crippen molar-refractivity contribution in [3.05, 3.63) is 46.2 Å². The zero-order chi connectivity index (χ0) is 13.8. The number of phenolic OH excluding ortho intramolecular Hbond substituents is 1. The van der Waals surface area contributed by atoms with Gasteiger partial charge in [-0.3, -0.25) is 0 Å². The molecule has 0 radical (unpaired) electrons. The molecule has 1 aromatic heterocycles. The number of aromatic nitrogens is 1. The second-order valence-electron chi connectivity index (χ2n) is 4.12. The summed E-state index contributed by atoms with van der Waals surface area (Å²) in [5.74, 6) is 0.969. The van der Waals surface area contributed by atoms with E-state index in [1.807, 2.05) is 25.1 Å². The largest absolute Gasteiger partial charge is 0.508 e. The maximum absolute atomic E-state index is 9.80. The minimum atomic E-state index is 0.246. The Hall–Kier alpha value is -1.75. The fourth-order valence-corrected chi connectivity index (χ4v) is 2.14. The Morgan fingerprint density at radius 1 is 1.32 bits per heavy atom. The molecule has 0 aliphatic rings. The highest BCUT2D eigenvalue weighted by Gasteiger charge is 2.05. The van der Waals surface area contributed by atoms with Crippen LogP contribution in [0.4, 0.5) is 5.69 Å². The van der Waals surface area contributed by atoms with Crippen molar-refractivity contribution < 1.29 is 9.84 Å². The van der Waals surface area contributed by atoms with E-state index in [1.54, 1.807) is 19.2 Å². The highest BCUT2D eigenvalue weighted by molar-refractivity contribution is 9.10. The fraction of sp³-hybridized carbons (Fsp3) is 0.214. The summed E-state index contributed by atoms with van der Waals surface area (Å²) < 4.78 is 5.95. The van der Waals surface area contributed by atoms with Crippen LogP contribution in [0.1, 0.15) is 11.3 Å². The number of methoxy groups -OCH3 is 1. The molecule has 0 aliphatic heterocycles. The van der Waals surface area contributed by atoms with E-state index in [1.165, 1.54) is 0 Å². The Morgan fingerprint density at radius 3 is 2.79 bits per heavy atom. The molecule has 2 rings (SSSR count). The lowest BCUT2D eigenvalue weighted by Gasteiger charge is -2.11. The number of hydrogen-bond acceptors (Lipinski definition) is 4. The predicted molar refractivity (Wildman–Crippen MR) is 78.7 cm³/mol. The van der Waals surface area contributed by atoms with Crippen LogP contribution in [0.5, 0.6) is 11.5 Å². The molecule has 100 valence electrons. The summed E-state index contributed by atoms with van der Waals surface area (Å²) in [6, 6.07) is 8.99. The van der Waals surface area contributed by atoms with Gasteiger partial charge in [0.25, 0.3) is 0 Å². The number of pyridine rings is 1. The summed E-state index contributed by atoms with van der Waals surface area (Å²) in [7, 11) is 1.60. The number of phenols is 1. The van der Waals surface area contributed by atoms with Crippen molar-refractivity contribution in [2.45, 2.75) is 13.5 Å². The molecule has 0 aliphatic carbocycles. The zero-order valence-electron chi connectivity index (χ0n) is 10.8. The molecular weight excluding hydrogens is 308 g/mol. The van der Waals surface area contributed by atoms with Crippen LogP contribution in [0.15, 0.2) is 34.9 Å². The lowest BCUT2D eigenvalue weighted by Crippen LogP contribution is -2.02. The van der Waals surface area contributed by atoms with Crippen molar-refractivity contribution >= 4 is 21.6 Å². The van der Waals surface area contributed by atoms with Crippen LogP contribution in [0.2, 0.25) is 0 Å². The van der Waals surface area contributed by atoms with Crippen molar-refractivity contribution in [1.29, 1.82) is 0 Å². The van der Waals surface area contributed by atoms with Crippen molar-refractivity contribution in [2.75, 3.05) is 12.4 Å². The summed E-state index contributed by atoms with van der Waals surface area (Å²) >= 11 is 3.33. The number of ether oxygens (including phenoxy) is 1. The molecule has 0 saturated carbocycles. The molecule has 4 nitrogen and oxygen atoms in total. The Morgan fingerprint density at radius 2 is 2.11 bits per heavy atom. The van der Waals surface area contributed by atoms with Gasteiger partial charge in [-0.2, -0.15) is 0 Å². The second kappa shape index (κ2) is 5.93. The molecule has 1 aromatic carbocycles. The van der Waals surface area contributed by atoms with Crippen LogP contribution in [0.3, 0.4) is 0 Å². The summed E-state index contributed by atoms with van der Waals surface area (Å²) in [5.41, 5.74) is 2.61. The Labute approximate surface area is 120 Å². The van der Waals surface area contributed by atoms with Crippen molar-refractivity contribution in [3.8, 4) is 11.5 Å². The molecule has 0 amide bonds. The maximum atomic E-state index is 9.80. The van der Waals surface area contributed by atoms with E-state index in [4.69, 9.17) is 4.74 Å². The van der Waals surface area contributed by atoms with Crippen LogP contribution in [0.25, 0.3) is 0 Å². The Kier molecular flexibility index (Phi) is 4.27. The third kappa shape index (κ3) is 3.38. The van der Waals surface area contributed by atoms with Gasteiger partial charge in [0.2, 0.25) is 0 Å². The molecule has 0 saturated heterocycles. The van der Waals surface area contributed by atoms with E-state index in [0.29, 0.717) is 6.54 Å². The third-order valence-corrected chi connectivity index (χ3v) is 3.25. The number of rotatable bonds is 4. The lowest BCUT2D eigenvalue weighted by molar-refractivity contribution is 0.411. The van der Waals surface area contributed by atoms with Gasteiger partial charge in [0.1, 0.15) is 16.1 Å². The highest BCUT2D eigenvalue weighted by Crippen LogP contribution is 2.24. The second-order valence-corrected chi connectivity index (χ2v) is 4.93. The number of halogens is 1. The Balaban J connectivity index is 2.14. The number of anilines is 1. The van der Waals surface area contributed by atoms with Gasteiger partial charge < -0.3 is 15.2 Å². The first-order chi connectivity index (χ1) is 9.10. The van der Waals surface area contributed by atoms with Crippen molar-refractivity contribution in [1.82, 2.24) is 4.98 Å². The molecular formula is C14H15BrN2O2. The molecule has 19 heavy (non-hydrogen) atoms. The van der Waals surface area contributed by atoms with Crippen molar-refractivity contribution in [2.24, 2.45) is 0 Å². The maximum Gasteiger partial charge on any atom is 0.120 e. The minimum absolute atomic E-state index is 0.246. The van der Waals surface area contributed by atoms with Gasteiger partial charge in [0.15, 0.2) is 0 Å². The normalized spacial score (nSPS) is 10.3. The highest BCUT2D eigenvalue weighted by atomic mass is 79.9. The zero-order valence-corrected chi connectivity index (χ0v) is 12.4. The number of hydrogen-bond donors (Lipinski definition) is 2. The average Bonchev–Trinajstić information content (AvgIpc) is 2.39. The van der Waals surface area contributed by atoms with E-state index in [9.17, 15) is 5.11 Å². The van der Waals surface area contributed by atoms with Crippen LogP contribution in [-0.2, 0) is 6.54 Å². The lowest BCUT2D eigenvalue weighted by atomic mass is 10.2. The monoisotopic (exact) mass is 322 g/mol. The predicted octanol–water partition coefficient (Wildman–Crippen LogP) is 3.48. The molecule has 0 bridgehead atoms. The van der Waals surface area contributed by atoms with Crippen LogP contribution in [0, 0.1) is 6.92 Å². The first-order valence-corrected chi connectivity index (χ1v) is 6.62. The molecule has 2 aromatic rings. The van der Waals surface area contributed by atoms with Gasteiger partial charge in [-0.15, -0.1) is 0 Å². The smallest absolute Gasteiger partial charge is 0.120 e. The molecule has 2 N–H and O–H groups in total. The molecule has 0 unspecified atom stereocenters. The molecule has 0 atom stereocenters. The van der Waals surface area contributed by atoms with Gasteiger partial charge in [-0.05, 0) is 53.2 Å². The first-order valence-electron chi connectivity index (χ1n) is 5.83. The van der Waals surface area contributed by atoms with E-state index in [0.717, 1.165) is 27.3 Å². The van der Waals surface area contributed by atoms with Crippen LogP contribution in [-0.4, -0.2) is 17.2 Å². The van der Waals surface area contributed by atoms with E-state index in [-0.39, 0.29) is 5.75 Å². The fourth-order valence-electron chi connectivity index (χ4n) is 1.74. The quantitative estimate of drug-likeness (QED) is 0.846. The summed E-state index contributed by atoms with van der Waals surface area (Å²) in [6.07, 6.45) is 0. The van der Waals surface area contributed by atoms with Gasteiger partial charge in [-0.1, -0.05) is 0 Å². The van der Waals surface area contributed by atoms with Gasteiger partial charge >= 0.3 is 0 Å². The van der Waals surface area contributed by atoms with Crippen LogP contribution < -0.4 is 10.1 Å². The number of aromatic hydroxyl groups is 1. The summed E-state index contributed by atoms with van der Waals surface area (Å²) in [4.78, 5) is 4.31. The van der Waals surface area contributed by atoms with Gasteiger partial charge in [-0.25, -0.2) is 4.98 Å². The van der Waals surface area contributed by atoms with Gasteiger partial charge in [0.05, 0.1) is 18.5 Å².